The highest BCUT2D eigenvalue weighted by atomic mass is 16.5. The fourth-order valence-corrected chi connectivity index (χ4v) is 7.23. The number of morpholine rings is 1. The maximum absolute atomic E-state index is 14.4. The molecule has 10 heteroatoms. The molecule has 1 spiro atoms. The topological polar surface area (TPSA) is 120 Å². The molecule has 4 saturated heterocycles. The average Bonchev–Trinajstić information content (AvgIpc) is 3.49. The van der Waals surface area contributed by atoms with Crippen LogP contribution in [0, 0.1) is 17.8 Å². The summed E-state index contributed by atoms with van der Waals surface area (Å²) in [5.41, 5.74) is -2.17. The van der Waals surface area contributed by atoms with Crippen molar-refractivity contribution in [2.75, 3.05) is 52.5 Å². The van der Waals surface area contributed by atoms with Crippen molar-refractivity contribution in [3.05, 3.63) is 12.7 Å². The van der Waals surface area contributed by atoms with Gasteiger partial charge in [0.25, 0.3) is 0 Å². The molecule has 10 nitrogen and oxygen atoms in total. The van der Waals surface area contributed by atoms with Crippen LogP contribution in [0.1, 0.15) is 46.5 Å². The number of nitrogens with zero attached hydrogens (tertiary/aromatic N) is 3. The molecule has 4 rings (SSSR count). The third kappa shape index (κ3) is 4.70. The van der Waals surface area contributed by atoms with E-state index in [1.807, 2.05) is 20.8 Å². The van der Waals surface area contributed by atoms with Crippen molar-refractivity contribution >= 4 is 17.8 Å². The second kappa shape index (κ2) is 11.0. The lowest BCUT2D eigenvalue weighted by Gasteiger charge is -2.40. The van der Waals surface area contributed by atoms with Crippen molar-refractivity contribution in [2.45, 2.75) is 69.7 Å². The van der Waals surface area contributed by atoms with Crippen molar-refractivity contribution in [3.63, 3.8) is 0 Å². The molecule has 0 radical (unpaired) electrons. The summed E-state index contributed by atoms with van der Waals surface area (Å²) < 4.78 is 12.1. The number of aliphatic carboxylic acids is 1. The molecule has 4 aliphatic rings. The van der Waals surface area contributed by atoms with Crippen LogP contribution in [0.4, 0.5) is 0 Å². The van der Waals surface area contributed by atoms with E-state index in [4.69, 9.17) is 9.47 Å². The largest absolute Gasteiger partial charge is 0.481 e. The van der Waals surface area contributed by atoms with Crippen molar-refractivity contribution in [1.82, 2.24) is 14.7 Å². The summed E-state index contributed by atoms with van der Waals surface area (Å²) >= 11 is 0. The van der Waals surface area contributed by atoms with E-state index in [1.54, 1.807) is 11.0 Å². The molecule has 4 heterocycles. The number of fused-ring (bicyclic) bond motifs is 1. The van der Waals surface area contributed by atoms with Gasteiger partial charge in [0.1, 0.15) is 17.6 Å². The van der Waals surface area contributed by atoms with Crippen LogP contribution in [0.2, 0.25) is 0 Å². The Morgan fingerprint density at radius 2 is 1.97 bits per heavy atom. The number of likely N-dealkylation sites (tertiary alicyclic amines) is 1. The molecule has 0 saturated carbocycles. The van der Waals surface area contributed by atoms with Crippen molar-refractivity contribution in [3.8, 4) is 0 Å². The first-order chi connectivity index (χ1) is 17.7. The normalized spacial score (nSPS) is 34.1. The number of rotatable bonds is 12. The molecule has 208 valence electrons. The quantitative estimate of drug-likeness (QED) is 0.365. The van der Waals surface area contributed by atoms with Crippen LogP contribution >= 0.6 is 0 Å². The van der Waals surface area contributed by atoms with Gasteiger partial charge in [0.15, 0.2) is 0 Å². The Morgan fingerprint density at radius 3 is 2.54 bits per heavy atom. The molecule has 2 N–H and O–H groups in total. The Morgan fingerprint density at radius 1 is 1.27 bits per heavy atom. The first kappa shape index (κ1) is 28.0. The molecule has 4 fully saturated rings. The van der Waals surface area contributed by atoms with E-state index in [0.717, 1.165) is 13.1 Å². The number of carboxylic acid groups (broad SMARTS) is 1. The Hall–Kier alpha value is -2.01. The van der Waals surface area contributed by atoms with Gasteiger partial charge in [0.05, 0.1) is 37.4 Å². The molecule has 2 bridgehead atoms. The highest BCUT2D eigenvalue weighted by Crippen LogP contribution is 2.64. The van der Waals surface area contributed by atoms with Gasteiger partial charge in [-0.05, 0) is 31.6 Å². The van der Waals surface area contributed by atoms with Gasteiger partial charge in [0.2, 0.25) is 11.8 Å². The predicted octanol–water partition coefficient (Wildman–Crippen LogP) is 0.980. The van der Waals surface area contributed by atoms with Crippen LogP contribution in [0.25, 0.3) is 0 Å². The number of hydrogen-bond donors (Lipinski definition) is 2. The standard InChI is InChI=1S/C27H43N3O7/c1-5-9-29(11-10-28-12-14-36-15-13-28)24(33)22-27-8-7-26(6-2,37-27)21(25(34)35)20(27)23(32)30(22)19(17-31)16-18(3)4/h5,18-22,31H,1,6-17H2,2-4H3,(H,34,35)/t19-,20+,21+,22?,26-,27?/m1/s1. The number of carbonyl (C=O) groups is 3. The summed E-state index contributed by atoms with van der Waals surface area (Å²) in [7, 11) is 0. The number of aliphatic hydroxyl groups is 1. The van der Waals surface area contributed by atoms with Gasteiger partial charge in [-0.3, -0.25) is 19.3 Å². The molecule has 0 aromatic rings. The third-order valence-electron chi connectivity index (χ3n) is 8.92. The van der Waals surface area contributed by atoms with E-state index < -0.39 is 41.1 Å². The summed E-state index contributed by atoms with van der Waals surface area (Å²) in [6.07, 6.45) is 3.57. The van der Waals surface area contributed by atoms with E-state index in [1.165, 1.54) is 4.90 Å². The van der Waals surface area contributed by atoms with E-state index in [9.17, 15) is 24.6 Å². The first-order valence-electron chi connectivity index (χ1n) is 13.7. The molecular formula is C27H43N3O7. The fourth-order valence-electron chi connectivity index (χ4n) is 7.23. The lowest BCUT2D eigenvalue weighted by Crippen LogP contribution is -2.59. The van der Waals surface area contributed by atoms with E-state index >= 15 is 0 Å². The number of carboxylic acids is 1. The first-order valence-corrected chi connectivity index (χ1v) is 13.7. The molecule has 4 aliphatic heterocycles. The van der Waals surface area contributed by atoms with E-state index in [-0.39, 0.29) is 24.3 Å². The highest BCUT2D eigenvalue weighted by molar-refractivity contribution is 5.98. The average molecular weight is 522 g/mol. The van der Waals surface area contributed by atoms with Crippen LogP contribution in [-0.4, -0.2) is 119 Å². The smallest absolute Gasteiger partial charge is 0.310 e. The van der Waals surface area contributed by atoms with Gasteiger partial charge in [0, 0.05) is 32.7 Å². The number of hydrogen-bond acceptors (Lipinski definition) is 7. The number of ether oxygens (including phenoxy) is 2. The zero-order valence-electron chi connectivity index (χ0n) is 22.4. The Labute approximate surface area is 219 Å². The van der Waals surface area contributed by atoms with Gasteiger partial charge in [-0.2, -0.15) is 0 Å². The molecule has 0 aromatic heterocycles. The zero-order valence-corrected chi connectivity index (χ0v) is 22.4. The van der Waals surface area contributed by atoms with E-state index in [0.29, 0.717) is 58.5 Å². The Kier molecular flexibility index (Phi) is 8.33. The van der Waals surface area contributed by atoms with E-state index in [2.05, 4.69) is 11.5 Å². The zero-order chi connectivity index (χ0) is 27.0. The summed E-state index contributed by atoms with van der Waals surface area (Å²) in [5, 5.41) is 20.6. The summed E-state index contributed by atoms with van der Waals surface area (Å²) in [6, 6.07) is -1.58. The summed E-state index contributed by atoms with van der Waals surface area (Å²) in [6.45, 7) is 13.7. The minimum Gasteiger partial charge on any atom is -0.481 e. The van der Waals surface area contributed by atoms with Crippen molar-refractivity contribution < 1.29 is 34.1 Å². The van der Waals surface area contributed by atoms with Gasteiger partial charge < -0.3 is 29.5 Å². The Bertz CT molecular complexity index is 891. The molecule has 2 unspecified atom stereocenters. The minimum atomic E-state index is -1.21. The lowest BCUT2D eigenvalue weighted by atomic mass is 9.65. The van der Waals surface area contributed by atoms with Crippen molar-refractivity contribution in [2.24, 2.45) is 17.8 Å². The van der Waals surface area contributed by atoms with Crippen LogP contribution in [0.5, 0.6) is 0 Å². The minimum absolute atomic E-state index is 0.166. The lowest BCUT2D eigenvalue weighted by molar-refractivity contribution is -0.160. The summed E-state index contributed by atoms with van der Waals surface area (Å²) in [5.74, 6) is -3.50. The second-order valence-corrected chi connectivity index (χ2v) is 11.4. The third-order valence-corrected chi connectivity index (χ3v) is 8.92. The maximum atomic E-state index is 14.4. The van der Waals surface area contributed by atoms with Gasteiger partial charge in [-0.15, -0.1) is 6.58 Å². The SMILES string of the molecule is C=CCN(CCN1CCOCC1)C(=O)C1N([C@@H](CO)CC(C)C)C(=O)[C@@H]2[C@@H](C(=O)O)[C@@]3(CC)CCC12O3. The number of aliphatic hydroxyl groups excluding tert-OH is 1. The molecule has 6 atom stereocenters. The summed E-state index contributed by atoms with van der Waals surface area (Å²) in [4.78, 5) is 46.5. The van der Waals surface area contributed by atoms with Gasteiger partial charge in [-0.25, -0.2) is 0 Å². The molecule has 2 amide bonds. The molecule has 37 heavy (non-hydrogen) atoms. The maximum Gasteiger partial charge on any atom is 0.310 e. The highest BCUT2D eigenvalue weighted by Gasteiger charge is 2.79. The van der Waals surface area contributed by atoms with Gasteiger partial charge in [-0.1, -0.05) is 26.8 Å². The molecule has 0 aliphatic carbocycles. The number of carbonyl (C=O) groups excluding carboxylic acids is 2. The van der Waals surface area contributed by atoms with Crippen LogP contribution in [0.3, 0.4) is 0 Å². The second-order valence-electron chi connectivity index (χ2n) is 11.4. The van der Waals surface area contributed by atoms with Crippen molar-refractivity contribution in [1.29, 1.82) is 0 Å². The predicted molar refractivity (Wildman–Crippen MR) is 136 cm³/mol. The molecule has 0 aromatic carbocycles. The fraction of sp³-hybridized carbons (Fsp3) is 0.815. The van der Waals surface area contributed by atoms with Crippen LogP contribution in [-0.2, 0) is 23.9 Å². The Balaban J connectivity index is 1.72. The van der Waals surface area contributed by atoms with Crippen LogP contribution < -0.4 is 0 Å². The monoisotopic (exact) mass is 521 g/mol. The van der Waals surface area contributed by atoms with Gasteiger partial charge >= 0.3 is 5.97 Å². The molecular weight excluding hydrogens is 478 g/mol. The van der Waals surface area contributed by atoms with Crippen LogP contribution in [0.15, 0.2) is 12.7 Å². The number of amides is 2.